The van der Waals surface area contributed by atoms with Crippen molar-refractivity contribution >= 4 is 45.2 Å². The number of carbonyl (C=O) groups is 2. The number of hydrogen-bond donors (Lipinski definition) is 2. The zero-order valence-corrected chi connectivity index (χ0v) is 15.3. The zero-order valence-electron chi connectivity index (χ0n) is 14.5. The largest absolute Gasteiger partial charge is 0.325 e. The second-order valence-corrected chi connectivity index (χ2v) is 8.15. The highest BCUT2D eigenvalue weighted by Crippen LogP contribution is 2.26. The molecule has 0 aromatic heterocycles. The molecule has 2 aromatic carbocycles. The SMILES string of the molecule is CC(C)(C)N=C1NC(=O)[C@H](CC(=O)Nc2cccc3ccccc23)S1. The highest BCUT2D eigenvalue weighted by Gasteiger charge is 2.32. The van der Waals surface area contributed by atoms with Crippen molar-refractivity contribution in [1.82, 2.24) is 5.32 Å². The van der Waals surface area contributed by atoms with Crippen LogP contribution in [0.2, 0.25) is 0 Å². The third-order valence-electron chi connectivity index (χ3n) is 3.65. The fourth-order valence-corrected chi connectivity index (χ4v) is 3.76. The number of anilines is 1. The standard InChI is InChI=1S/C19H21N3O2S/c1-19(2,3)22-18-21-17(24)15(25-18)11-16(23)20-14-10-6-8-12-7-4-5-9-13(12)14/h4-10,15H,11H2,1-3H3,(H,20,23)(H,21,22,24)/t15-/m0/s1. The van der Waals surface area contributed by atoms with E-state index in [1.807, 2.05) is 63.2 Å². The molecule has 1 fully saturated rings. The maximum absolute atomic E-state index is 12.4. The summed E-state index contributed by atoms with van der Waals surface area (Å²) < 4.78 is 0. The monoisotopic (exact) mass is 355 g/mol. The second kappa shape index (κ2) is 6.88. The summed E-state index contributed by atoms with van der Waals surface area (Å²) in [5.41, 5.74) is 0.491. The molecule has 2 aromatic rings. The molecule has 0 aliphatic carbocycles. The lowest BCUT2D eigenvalue weighted by Crippen LogP contribution is -2.28. The van der Waals surface area contributed by atoms with Crippen molar-refractivity contribution in [3.8, 4) is 0 Å². The fourth-order valence-electron chi connectivity index (χ4n) is 2.60. The summed E-state index contributed by atoms with van der Waals surface area (Å²) in [4.78, 5) is 28.9. The van der Waals surface area contributed by atoms with Crippen molar-refractivity contribution in [2.45, 2.75) is 38.0 Å². The van der Waals surface area contributed by atoms with Gasteiger partial charge in [-0.1, -0.05) is 48.2 Å². The van der Waals surface area contributed by atoms with E-state index in [0.29, 0.717) is 5.17 Å². The normalized spacial score (nSPS) is 19.2. The van der Waals surface area contributed by atoms with Crippen molar-refractivity contribution < 1.29 is 9.59 Å². The van der Waals surface area contributed by atoms with Crippen molar-refractivity contribution in [3.63, 3.8) is 0 Å². The van der Waals surface area contributed by atoms with E-state index in [2.05, 4.69) is 15.6 Å². The average Bonchev–Trinajstić information content (AvgIpc) is 2.85. The lowest BCUT2D eigenvalue weighted by molar-refractivity contribution is -0.122. The minimum Gasteiger partial charge on any atom is -0.325 e. The topological polar surface area (TPSA) is 70.6 Å². The first kappa shape index (κ1) is 17.5. The number of aliphatic imine (C=N–C) groups is 1. The first-order valence-electron chi connectivity index (χ1n) is 8.17. The number of nitrogens with zero attached hydrogens (tertiary/aromatic N) is 1. The Labute approximate surface area is 151 Å². The summed E-state index contributed by atoms with van der Waals surface area (Å²) in [5, 5.41) is 7.86. The van der Waals surface area contributed by atoms with E-state index in [4.69, 9.17) is 0 Å². The summed E-state index contributed by atoms with van der Waals surface area (Å²) in [6, 6.07) is 13.6. The van der Waals surface area contributed by atoms with Crippen LogP contribution >= 0.6 is 11.8 Å². The van der Waals surface area contributed by atoms with Crippen LogP contribution in [-0.4, -0.2) is 27.8 Å². The van der Waals surface area contributed by atoms with Crippen molar-refractivity contribution in [3.05, 3.63) is 42.5 Å². The van der Waals surface area contributed by atoms with E-state index in [0.717, 1.165) is 16.5 Å². The van der Waals surface area contributed by atoms with Gasteiger partial charge in [-0.05, 0) is 32.2 Å². The Balaban J connectivity index is 1.69. The molecular weight excluding hydrogens is 334 g/mol. The molecule has 1 saturated heterocycles. The predicted octanol–water partition coefficient (Wildman–Crippen LogP) is 3.55. The highest BCUT2D eigenvalue weighted by atomic mass is 32.2. The molecule has 1 aliphatic rings. The van der Waals surface area contributed by atoms with E-state index in [1.54, 1.807) is 0 Å². The minimum atomic E-state index is -0.448. The van der Waals surface area contributed by atoms with E-state index in [-0.39, 0.29) is 23.8 Å². The zero-order chi connectivity index (χ0) is 18.0. The van der Waals surface area contributed by atoms with E-state index >= 15 is 0 Å². The van der Waals surface area contributed by atoms with E-state index in [1.165, 1.54) is 11.8 Å². The number of thioether (sulfide) groups is 1. The Morgan fingerprint density at radius 1 is 1.20 bits per heavy atom. The Kier molecular flexibility index (Phi) is 4.81. The summed E-state index contributed by atoms with van der Waals surface area (Å²) >= 11 is 1.32. The van der Waals surface area contributed by atoms with Crippen LogP contribution in [0.1, 0.15) is 27.2 Å². The van der Waals surface area contributed by atoms with E-state index in [9.17, 15) is 9.59 Å². The summed E-state index contributed by atoms with van der Waals surface area (Å²) in [6.07, 6.45) is 0.114. The molecule has 0 unspecified atom stereocenters. The van der Waals surface area contributed by atoms with Crippen LogP contribution in [-0.2, 0) is 9.59 Å². The third-order valence-corrected chi connectivity index (χ3v) is 4.73. The summed E-state index contributed by atoms with van der Waals surface area (Å²) in [7, 11) is 0. The molecule has 130 valence electrons. The number of amidine groups is 1. The molecule has 2 N–H and O–H groups in total. The lowest BCUT2D eigenvalue weighted by Gasteiger charge is -2.12. The van der Waals surface area contributed by atoms with Gasteiger partial charge in [0.2, 0.25) is 11.8 Å². The summed E-state index contributed by atoms with van der Waals surface area (Å²) in [5.74, 6) is -0.345. The Hall–Kier alpha value is -2.34. The maximum Gasteiger partial charge on any atom is 0.240 e. The molecule has 3 rings (SSSR count). The highest BCUT2D eigenvalue weighted by molar-refractivity contribution is 8.15. The molecule has 25 heavy (non-hydrogen) atoms. The molecule has 0 saturated carbocycles. The molecule has 0 spiro atoms. The van der Waals surface area contributed by atoms with Crippen molar-refractivity contribution in [2.75, 3.05) is 5.32 Å². The van der Waals surface area contributed by atoms with Crippen LogP contribution in [0.3, 0.4) is 0 Å². The maximum atomic E-state index is 12.4. The quantitative estimate of drug-likeness (QED) is 0.884. The van der Waals surface area contributed by atoms with Gasteiger partial charge in [-0.2, -0.15) is 0 Å². The van der Waals surface area contributed by atoms with Crippen LogP contribution < -0.4 is 10.6 Å². The van der Waals surface area contributed by atoms with Gasteiger partial charge in [-0.15, -0.1) is 0 Å². The number of hydrogen-bond acceptors (Lipinski definition) is 4. The molecule has 0 radical (unpaired) electrons. The van der Waals surface area contributed by atoms with Gasteiger partial charge in [0.1, 0.15) is 5.25 Å². The molecule has 6 heteroatoms. The van der Waals surface area contributed by atoms with Crippen LogP contribution in [0.4, 0.5) is 5.69 Å². The van der Waals surface area contributed by atoms with Crippen LogP contribution in [0.15, 0.2) is 47.5 Å². The Morgan fingerprint density at radius 3 is 2.68 bits per heavy atom. The van der Waals surface area contributed by atoms with Crippen LogP contribution in [0.25, 0.3) is 10.8 Å². The number of fused-ring (bicyclic) bond motifs is 1. The second-order valence-electron chi connectivity index (χ2n) is 6.96. The number of benzene rings is 2. The number of amides is 2. The van der Waals surface area contributed by atoms with Gasteiger partial charge >= 0.3 is 0 Å². The molecule has 1 aliphatic heterocycles. The molecule has 1 heterocycles. The average molecular weight is 355 g/mol. The van der Waals surface area contributed by atoms with Gasteiger partial charge in [-0.25, -0.2) is 0 Å². The third kappa shape index (κ3) is 4.39. The molecule has 2 amide bonds. The van der Waals surface area contributed by atoms with E-state index < -0.39 is 5.25 Å². The Morgan fingerprint density at radius 2 is 1.92 bits per heavy atom. The van der Waals surface area contributed by atoms with Gasteiger partial charge in [-0.3, -0.25) is 14.6 Å². The number of nitrogens with one attached hydrogen (secondary N) is 2. The molecular formula is C19H21N3O2S. The van der Waals surface area contributed by atoms with Crippen LogP contribution in [0.5, 0.6) is 0 Å². The first-order valence-corrected chi connectivity index (χ1v) is 9.05. The number of rotatable bonds is 3. The molecule has 5 nitrogen and oxygen atoms in total. The molecule has 0 bridgehead atoms. The first-order chi connectivity index (χ1) is 11.8. The van der Waals surface area contributed by atoms with Gasteiger partial charge in [0, 0.05) is 17.5 Å². The smallest absolute Gasteiger partial charge is 0.240 e. The van der Waals surface area contributed by atoms with Crippen molar-refractivity contribution in [1.29, 1.82) is 0 Å². The Bertz CT molecular complexity index is 850. The molecule has 1 atom stereocenters. The van der Waals surface area contributed by atoms with Gasteiger partial charge < -0.3 is 10.6 Å². The van der Waals surface area contributed by atoms with Crippen LogP contribution in [0, 0.1) is 0 Å². The minimum absolute atomic E-state index is 0.114. The van der Waals surface area contributed by atoms with Gasteiger partial charge in [0.05, 0.1) is 5.54 Å². The van der Waals surface area contributed by atoms with Crippen molar-refractivity contribution in [2.24, 2.45) is 4.99 Å². The summed E-state index contributed by atoms with van der Waals surface area (Å²) in [6.45, 7) is 5.90. The van der Waals surface area contributed by atoms with Gasteiger partial charge in [0.25, 0.3) is 0 Å². The lowest BCUT2D eigenvalue weighted by atomic mass is 10.1. The predicted molar refractivity (Wildman–Crippen MR) is 104 cm³/mol. The van der Waals surface area contributed by atoms with Gasteiger partial charge in [0.15, 0.2) is 5.17 Å². The number of carbonyl (C=O) groups excluding carboxylic acids is 2. The fraction of sp³-hybridized carbons (Fsp3) is 0.316.